The normalized spacial score (nSPS) is 12.8. The maximum atomic E-state index is 9.80. The van der Waals surface area contributed by atoms with Gasteiger partial charge in [-0.2, -0.15) is 0 Å². The highest BCUT2D eigenvalue weighted by molar-refractivity contribution is 6.13. The highest BCUT2D eigenvalue weighted by atomic mass is 16.3. The molecule has 0 unspecified atom stereocenters. The topological polar surface area (TPSA) is 65.0 Å². The summed E-state index contributed by atoms with van der Waals surface area (Å²) in [5.41, 5.74) is 10.3. The second-order valence-corrected chi connectivity index (χ2v) is 16.6. The van der Waals surface area contributed by atoms with Crippen molar-refractivity contribution in [1.82, 2.24) is 15.0 Å². The fourth-order valence-corrected chi connectivity index (χ4v) is 9.03. The van der Waals surface area contributed by atoms with Crippen LogP contribution in [0.2, 0.25) is 0 Å². The van der Waals surface area contributed by atoms with E-state index in [2.05, 4.69) is 6.07 Å². The molecular weight excluding hydrogens is 831 g/mol. The van der Waals surface area contributed by atoms with Crippen molar-refractivity contribution in [1.29, 1.82) is 0 Å². The van der Waals surface area contributed by atoms with E-state index in [1.54, 1.807) is 0 Å². The van der Waals surface area contributed by atoms with Gasteiger partial charge >= 0.3 is 0 Å². The van der Waals surface area contributed by atoms with Crippen LogP contribution in [-0.4, -0.2) is 15.0 Å². The van der Waals surface area contributed by atoms with E-state index < -0.39 is 0 Å². The van der Waals surface area contributed by atoms with Gasteiger partial charge in [0.2, 0.25) is 0 Å². The van der Waals surface area contributed by atoms with Crippen LogP contribution < -0.4 is 0 Å². The van der Waals surface area contributed by atoms with E-state index in [9.17, 15) is 8.22 Å². The lowest BCUT2D eigenvalue weighted by Gasteiger charge is -2.11. The van der Waals surface area contributed by atoms with Crippen LogP contribution in [0.4, 0.5) is 0 Å². The first-order valence-corrected chi connectivity index (χ1v) is 22.3. The third kappa shape index (κ3) is 7.02. The monoisotopic (exact) mass is 875 g/mol. The number of para-hydroxylation sites is 2. The van der Waals surface area contributed by atoms with Gasteiger partial charge in [0, 0.05) is 38.2 Å². The summed E-state index contributed by atoms with van der Waals surface area (Å²) in [6, 6.07) is 63.5. The predicted molar refractivity (Wildman–Crippen MR) is 278 cm³/mol. The largest absolute Gasteiger partial charge is 0.456 e. The summed E-state index contributed by atoms with van der Waals surface area (Å²) in [6.07, 6.45) is 0. The lowest BCUT2D eigenvalue weighted by atomic mass is 9.93. The molecule has 0 fully saturated rings. The Kier molecular flexibility index (Phi) is 8.01. The number of nitrogens with zero attached hydrogens (tertiary/aromatic N) is 3. The molecule has 5 nitrogen and oxygen atoms in total. The Morgan fingerprint density at radius 3 is 1.37 bits per heavy atom. The average molecular weight is 876 g/mol. The molecule has 0 aliphatic heterocycles. The van der Waals surface area contributed by atoms with Crippen molar-refractivity contribution in [3.63, 3.8) is 0 Å². The highest BCUT2D eigenvalue weighted by Gasteiger charge is 2.21. The van der Waals surface area contributed by atoms with Crippen LogP contribution in [0.15, 0.2) is 245 Å². The predicted octanol–water partition coefficient (Wildman–Crippen LogP) is 17.0. The summed E-state index contributed by atoms with van der Waals surface area (Å²) in [5.74, 6) is 0.429. The molecule has 0 bridgehead atoms. The van der Waals surface area contributed by atoms with E-state index in [-0.39, 0.29) is 86.8 Å². The molecular formula is C63H39N3O2. The summed E-state index contributed by atoms with van der Waals surface area (Å²) in [7, 11) is 0. The maximum Gasteiger partial charge on any atom is 0.167 e. The fraction of sp³-hybridized carbons (Fsp3) is 0. The molecule has 68 heavy (non-hydrogen) atoms. The minimum Gasteiger partial charge on any atom is -0.456 e. The molecule has 0 saturated carbocycles. The van der Waals surface area contributed by atoms with Gasteiger partial charge in [-0.25, -0.2) is 15.0 Å². The van der Waals surface area contributed by atoms with Crippen LogP contribution in [-0.2, 0) is 0 Å². The maximum absolute atomic E-state index is 9.80. The third-order valence-corrected chi connectivity index (χ3v) is 12.4. The van der Waals surface area contributed by atoms with Crippen molar-refractivity contribution in [2.24, 2.45) is 0 Å². The van der Waals surface area contributed by atoms with Crippen molar-refractivity contribution in [3.8, 4) is 89.8 Å². The molecule has 10 aromatic carbocycles. The molecule has 13 rings (SSSR count). The van der Waals surface area contributed by atoms with Gasteiger partial charge in [-0.3, -0.25) is 0 Å². The van der Waals surface area contributed by atoms with Gasteiger partial charge in [0.05, 0.1) is 13.8 Å². The van der Waals surface area contributed by atoms with E-state index in [1.165, 1.54) is 0 Å². The van der Waals surface area contributed by atoms with E-state index >= 15 is 0 Å². The van der Waals surface area contributed by atoms with Gasteiger partial charge in [0.25, 0.3) is 0 Å². The summed E-state index contributed by atoms with van der Waals surface area (Å²) in [6.45, 7) is 0. The molecule has 3 aromatic heterocycles. The smallest absolute Gasteiger partial charge is 0.167 e. The second kappa shape index (κ2) is 16.4. The first-order chi connectivity index (χ1) is 36.2. The molecule has 13 aromatic rings. The number of benzene rings is 10. The Balaban J connectivity index is 1.02. The number of rotatable bonds is 8. The highest BCUT2D eigenvalue weighted by Crippen LogP contribution is 2.41. The first kappa shape index (κ1) is 33.3. The van der Waals surface area contributed by atoms with Crippen molar-refractivity contribution < 1.29 is 17.1 Å². The minimum absolute atomic E-state index is 0.0215. The third-order valence-electron chi connectivity index (χ3n) is 12.4. The van der Waals surface area contributed by atoms with Gasteiger partial charge in [-0.1, -0.05) is 188 Å². The molecule has 0 amide bonds. The average Bonchev–Trinajstić information content (AvgIpc) is 4.09. The Morgan fingerprint density at radius 1 is 0.279 bits per heavy atom. The van der Waals surface area contributed by atoms with E-state index in [0.29, 0.717) is 27.9 Å². The Hall–Kier alpha value is -9.19. The summed E-state index contributed by atoms with van der Waals surface area (Å²) < 4.78 is 70.9. The molecule has 0 aliphatic carbocycles. The number of fused-ring (bicyclic) bond motifs is 6. The minimum atomic E-state index is -0.373. The first-order valence-electron chi connectivity index (χ1n) is 25.3. The number of hydrogen-bond acceptors (Lipinski definition) is 5. The molecule has 0 atom stereocenters. The van der Waals surface area contributed by atoms with E-state index in [4.69, 9.17) is 23.8 Å². The summed E-state index contributed by atoms with van der Waals surface area (Å²) >= 11 is 0. The second-order valence-electron chi connectivity index (χ2n) is 16.6. The lowest BCUT2D eigenvalue weighted by molar-refractivity contribution is 0.669. The van der Waals surface area contributed by atoms with Crippen molar-refractivity contribution in [2.45, 2.75) is 0 Å². The molecule has 0 aliphatic rings. The zero-order chi connectivity index (χ0) is 50.2. The van der Waals surface area contributed by atoms with Crippen molar-refractivity contribution in [2.75, 3.05) is 0 Å². The SMILES string of the molecule is [2H]c1c(-c2cc(-c3ccccc3)cc(-c3ccccc3)c2)c([2H])c2c(oc3c([2H])c(-c4nc(-c5ccc(-c6ccccc6)cc5)nc(-c5cccc6c5oc5c(-c7ccccc7)cccc56)n4)c([2H])c([2H])c32)c1[2H]. The number of furan rings is 2. The lowest BCUT2D eigenvalue weighted by Crippen LogP contribution is -2.00. The van der Waals surface area contributed by atoms with Gasteiger partial charge in [-0.05, 0) is 98.5 Å². The van der Waals surface area contributed by atoms with E-state index in [0.717, 1.165) is 55.3 Å². The zero-order valence-electron chi connectivity index (χ0n) is 42.2. The quantitative estimate of drug-likeness (QED) is 0.152. The van der Waals surface area contributed by atoms with Gasteiger partial charge in [0.1, 0.15) is 22.3 Å². The van der Waals surface area contributed by atoms with Gasteiger partial charge in [-0.15, -0.1) is 0 Å². The van der Waals surface area contributed by atoms with Crippen LogP contribution in [0.3, 0.4) is 0 Å². The van der Waals surface area contributed by atoms with Crippen LogP contribution in [0.5, 0.6) is 0 Å². The fourth-order valence-electron chi connectivity index (χ4n) is 9.03. The zero-order valence-corrected chi connectivity index (χ0v) is 36.2. The van der Waals surface area contributed by atoms with Crippen LogP contribution in [0.1, 0.15) is 8.22 Å². The molecule has 318 valence electrons. The Labute approximate surface area is 400 Å². The Bertz CT molecular complexity index is 4300. The van der Waals surface area contributed by atoms with Crippen LogP contribution in [0.25, 0.3) is 134 Å². The number of hydrogen-bond donors (Lipinski definition) is 0. The standard InChI is InChI=1S/C63H39N3O2/c1-5-15-40(16-6-1)43-27-29-45(30-28-43)61-64-62(66-63(65-61)55-26-14-25-54-53-24-13-23-51(59(53)68-60(54)55)44-21-11-4-12-22-44)47-31-33-52-56-38-46(32-34-57(56)67-58(52)39-47)50-36-48(41-17-7-2-8-18-41)35-49(37-50)42-19-9-3-10-20-42/h1-39H/i31D,32D,33D,34D,38D,39D. The summed E-state index contributed by atoms with van der Waals surface area (Å²) in [4.78, 5) is 15.0. The molecule has 3 heterocycles. The molecule has 0 saturated heterocycles. The van der Waals surface area contributed by atoms with E-state index in [1.807, 2.05) is 194 Å². The molecule has 0 N–H and O–H groups in total. The van der Waals surface area contributed by atoms with Crippen LogP contribution >= 0.6 is 0 Å². The Morgan fingerprint density at radius 2 is 0.750 bits per heavy atom. The molecule has 0 radical (unpaired) electrons. The van der Waals surface area contributed by atoms with Crippen LogP contribution in [0, 0.1) is 0 Å². The van der Waals surface area contributed by atoms with Gasteiger partial charge < -0.3 is 8.83 Å². The molecule has 0 spiro atoms. The molecule has 5 heteroatoms. The number of aromatic nitrogens is 3. The van der Waals surface area contributed by atoms with Crippen molar-refractivity contribution >= 4 is 43.9 Å². The van der Waals surface area contributed by atoms with Crippen molar-refractivity contribution in [3.05, 3.63) is 236 Å². The summed E-state index contributed by atoms with van der Waals surface area (Å²) in [5, 5.41) is 1.85. The van der Waals surface area contributed by atoms with Gasteiger partial charge in [0.15, 0.2) is 17.5 Å².